The minimum absolute atomic E-state index is 0.00934. The summed E-state index contributed by atoms with van der Waals surface area (Å²) in [6, 6.07) is 5.16. The van der Waals surface area contributed by atoms with Crippen LogP contribution in [-0.2, 0) is 4.79 Å². The molecule has 1 saturated heterocycles. The number of carbonyl (C=O) groups is 1. The lowest BCUT2D eigenvalue weighted by Crippen LogP contribution is -2.44. The minimum atomic E-state index is -0.444. The quantitative estimate of drug-likeness (QED) is 0.402. The molecule has 8 nitrogen and oxygen atoms in total. The Kier molecular flexibility index (Phi) is 6.82. The van der Waals surface area contributed by atoms with E-state index in [-0.39, 0.29) is 11.7 Å². The average molecular weight is 359 g/mol. The molecule has 1 amide bonds. The van der Waals surface area contributed by atoms with Crippen LogP contribution in [0.2, 0.25) is 0 Å². The highest BCUT2D eigenvalue weighted by molar-refractivity contribution is 6.03. The summed E-state index contributed by atoms with van der Waals surface area (Å²) in [7, 11) is 1.81. The number of rotatable bonds is 8. The van der Waals surface area contributed by atoms with Gasteiger partial charge in [0.2, 0.25) is 5.91 Å². The van der Waals surface area contributed by atoms with Crippen molar-refractivity contribution in [2.45, 2.75) is 26.3 Å². The molecular weight excluding hydrogens is 330 g/mol. The number of hydrogen-bond acceptors (Lipinski definition) is 7. The van der Waals surface area contributed by atoms with Crippen LogP contribution in [0.15, 0.2) is 23.2 Å². The van der Waals surface area contributed by atoms with Crippen molar-refractivity contribution in [3.8, 4) is 0 Å². The van der Waals surface area contributed by atoms with Gasteiger partial charge in [-0.05, 0) is 25.6 Å². The Balaban J connectivity index is 2.11. The predicted molar refractivity (Wildman–Crippen MR) is 105 cm³/mol. The number of hydrogen-bond donors (Lipinski definition) is 4. The number of carbonyl (C=O) groups excluding carboxylic acids is 1. The Morgan fingerprint density at radius 2 is 2.31 bits per heavy atom. The molecule has 0 aromatic carbocycles. The number of aliphatic imine (C=N–C) groups is 1. The molecule has 2 rings (SSSR count). The third-order valence-corrected chi connectivity index (χ3v) is 4.40. The van der Waals surface area contributed by atoms with Crippen molar-refractivity contribution in [2.75, 3.05) is 38.5 Å². The van der Waals surface area contributed by atoms with E-state index in [9.17, 15) is 4.79 Å². The van der Waals surface area contributed by atoms with E-state index in [2.05, 4.69) is 20.6 Å². The van der Waals surface area contributed by atoms with Crippen molar-refractivity contribution in [2.24, 2.45) is 16.1 Å². The van der Waals surface area contributed by atoms with Gasteiger partial charge < -0.3 is 16.4 Å². The summed E-state index contributed by atoms with van der Waals surface area (Å²) >= 11 is 0. The molecule has 0 spiro atoms. The van der Waals surface area contributed by atoms with Crippen molar-refractivity contribution in [1.29, 1.82) is 5.41 Å². The number of nitrogens with one attached hydrogen (secondary N) is 3. The number of nitrogens with zero attached hydrogens (tertiary/aromatic N) is 3. The van der Waals surface area contributed by atoms with E-state index in [0.717, 1.165) is 12.2 Å². The minimum Gasteiger partial charge on any atom is -0.369 e. The first-order chi connectivity index (χ1) is 12.4. The van der Waals surface area contributed by atoms with Gasteiger partial charge in [-0.15, -0.1) is 0 Å². The summed E-state index contributed by atoms with van der Waals surface area (Å²) in [5.74, 6) is 0.949. The van der Waals surface area contributed by atoms with Gasteiger partial charge in [-0.3, -0.25) is 20.1 Å². The molecule has 0 bridgehead atoms. The maximum absolute atomic E-state index is 12.5. The van der Waals surface area contributed by atoms with Crippen LogP contribution < -0.4 is 16.4 Å². The van der Waals surface area contributed by atoms with Gasteiger partial charge in [0.25, 0.3) is 0 Å². The molecule has 1 aliphatic rings. The Labute approximate surface area is 154 Å². The molecule has 0 saturated carbocycles. The van der Waals surface area contributed by atoms with Crippen molar-refractivity contribution in [3.63, 3.8) is 0 Å². The zero-order valence-corrected chi connectivity index (χ0v) is 15.7. The first-order valence-electron chi connectivity index (χ1n) is 8.88. The summed E-state index contributed by atoms with van der Waals surface area (Å²) in [5.41, 5.74) is 5.77. The van der Waals surface area contributed by atoms with Crippen molar-refractivity contribution in [3.05, 3.63) is 23.9 Å². The van der Waals surface area contributed by atoms with Gasteiger partial charge in [0.15, 0.2) is 0 Å². The van der Waals surface area contributed by atoms with Crippen molar-refractivity contribution in [1.82, 2.24) is 15.2 Å². The summed E-state index contributed by atoms with van der Waals surface area (Å²) in [4.78, 5) is 23.0. The maximum Gasteiger partial charge on any atom is 0.233 e. The third-order valence-electron chi connectivity index (χ3n) is 4.40. The molecule has 1 aromatic rings. The number of pyridine rings is 1. The second-order valence-corrected chi connectivity index (χ2v) is 6.99. The molecule has 1 aliphatic heterocycles. The molecule has 1 fully saturated rings. The van der Waals surface area contributed by atoms with E-state index in [1.807, 2.05) is 32.0 Å². The topological polar surface area (TPSA) is 119 Å². The lowest BCUT2D eigenvalue weighted by molar-refractivity contribution is -0.131. The van der Waals surface area contributed by atoms with E-state index < -0.39 is 11.5 Å². The maximum atomic E-state index is 12.5. The highest BCUT2D eigenvalue weighted by Crippen LogP contribution is 2.31. The van der Waals surface area contributed by atoms with Crippen molar-refractivity contribution >= 4 is 23.8 Å². The molecule has 1 unspecified atom stereocenters. The van der Waals surface area contributed by atoms with E-state index in [4.69, 9.17) is 11.1 Å². The second-order valence-electron chi connectivity index (χ2n) is 6.99. The standard InChI is InChI=1S/C18H29N7O/c1-18(2)7-10-25(17(18)26)16(20)14(12-21-3)23-11-13-5-4-6-15(24-13)22-9-8-19/h4-6,11,14,20-21H,7-10,12,19H2,1-3H3,(H,22,24). The molecule has 8 heteroatoms. The van der Waals surface area contributed by atoms with Crippen molar-refractivity contribution < 1.29 is 4.79 Å². The Bertz CT molecular complexity index is 671. The normalized spacial score (nSPS) is 17.7. The van der Waals surface area contributed by atoms with Gasteiger partial charge in [-0.2, -0.15) is 0 Å². The Hall–Kier alpha value is -2.32. The fraction of sp³-hybridized carbons (Fsp3) is 0.556. The summed E-state index contributed by atoms with van der Waals surface area (Å²) in [6.07, 6.45) is 2.40. The average Bonchev–Trinajstić information content (AvgIpc) is 2.90. The molecule has 5 N–H and O–H groups in total. The van der Waals surface area contributed by atoms with Crippen LogP contribution in [0.25, 0.3) is 0 Å². The van der Waals surface area contributed by atoms with E-state index in [1.54, 1.807) is 18.2 Å². The van der Waals surface area contributed by atoms with Crippen LogP contribution in [0.5, 0.6) is 0 Å². The molecular formula is C18H29N7O. The fourth-order valence-electron chi connectivity index (χ4n) is 2.78. The van der Waals surface area contributed by atoms with Gasteiger partial charge >= 0.3 is 0 Å². The Morgan fingerprint density at radius 3 is 2.92 bits per heavy atom. The lowest BCUT2D eigenvalue weighted by Gasteiger charge is -2.24. The third kappa shape index (κ3) is 4.86. The van der Waals surface area contributed by atoms with E-state index in [1.165, 1.54) is 0 Å². The molecule has 0 radical (unpaired) electrons. The van der Waals surface area contributed by atoms with Crippen LogP contribution in [0.4, 0.5) is 5.82 Å². The van der Waals surface area contributed by atoms with Crippen LogP contribution in [0, 0.1) is 10.8 Å². The van der Waals surface area contributed by atoms with E-state index >= 15 is 0 Å². The lowest BCUT2D eigenvalue weighted by atomic mass is 9.92. The molecule has 1 atom stereocenters. The first kappa shape index (κ1) is 20.0. The van der Waals surface area contributed by atoms with Gasteiger partial charge in [0.1, 0.15) is 17.7 Å². The fourth-order valence-corrected chi connectivity index (χ4v) is 2.78. The SMILES string of the molecule is CNCC(N=Cc1cccc(NCCN)n1)C(=N)N1CCC(C)(C)C1=O. The van der Waals surface area contributed by atoms with Gasteiger partial charge in [0, 0.05) is 37.8 Å². The predicted octanol–water partition coefficient (Wildman–Crippen LogP) is 0.695. The first-order valence-corrected chi connectivity index (χ1v) is 8.88. The highest BCUT2D eigenvalue weighted by Gasteiger charge is 2.41. The summed E-state index contributed by atoms with van der Waals surface area (Å²) in [5, 5.41) is 14.6. The Morgan fingerprint density at radius 1 is 1.54 bits per heavy atom. The van der Waals surface area contributed by atoms with Crippen LogP contribution in [0.1, 0.15) is 26.0 Å². The second kappa shape index (κ2) is 8.86. The summed E-state index contributed by atoms with van der Waals surface area (Å²) in [6.45, 7) is 6.06. The highest BCUT2D eigenvalue weighted by atomic mass is 16.2. The molecule has 142 valence electrons. The molecule has 2 heterocycles. The number of aromatic nitrogens is 1. The number of amides is 1. The smallest absolute Gasteiger partial charge is 0.233 e. The van der Waals surface area contributed by atoms with Crippen LogP contribution in [-0.4, -0.2) is 67.1 Å². The van der Waals surface area contributed by atoms with Crippen LogP contribution in [0.3, 0.4) is 0 Å². The molecule has 0 aliphatic carbocycles. The molecule has 26 heavy (non-hydrogen) atoms. The van der Waals surface area contributed by atoms with Gasteiger partial charge in [-0.1, -0.05) is 19.9 Å². The van der Waals surface area contributed by atoms with Gasteiger partial charge in [0.05, 0.1) is 5.69 Å². The monoisotopic (exact) mass is 359 g/mol. The molecule has 1 aromatic heterocycles. The van der Waals surface area contributed by atoms with Gasteiger partial charge in [-0.25, -0.2) is 4.98 Å². The number of anilines is 1. The zero-order chi connectivity index (χ0) is 19.2. The number of amidine groups is 1. The number of likely N-dealkylation sites (tertiary alicyclic amines) is 1. The largest absolute Gasteiger partial charge is 0.369 e. The van der Waals surface area contributed by atoms with E-state index in [0.29, 0.717) is 31.9 Å². The summed E-state index contributed by atoms with van der Waals surface area (Å²) < 4.78 is 0. The number of nitrogens with two attached hydrogens (primary N) is 1. The number of likely N-dealkylation sites (N-methyl/N-ethyl adjacent to an activating group) is 1. The van der Waals surface area contributed by atoms with Crippen LogP contribution >= 0.6 is 0 Å². The zero-order valence-electron chi connectivity index (χ0n) is 15.7.